The quantitative estimate of drug-likeness (QED) is 0.731. The summed E-state index contributed by atoms with van der Waals surface area (Å²) in [5, 5.41) is 0.692. The molecule has 0 aliphatic carbocycles. The molecule has 23 heavy (non-hydrogen) atoms. The molecule has 114 valence electrons. The number of nitrogens with zero attached hydrogens (tertiary/aromatic N) is 3. The van der Waals surface area contributed by atoms with E-state index in [1.807, 2.05) is 42.5 Å². The Labute approximate surface area is 146 Å². The van der Waals surface area contributed by atoms with Gasteiger partial charge in [-0.05, 0) is 51.8 Å². The van der Waals surface area contributed by atoms with Gasteiger partial charge in [0.05, 0.1) is 24.5 Å². The normalized spacial score (nSPS) is 19.7. The van der Waals surface area contributed by atoms with Crippen molar-refractivity contribution in [2.24, 2.45) is 4.99 Å². The van der Waals surface area contributed by atoms with E-state index >= 15 is 0 Å². The van der Waals surface area contributed by atoms with Gasteiger partial charge in [-0.2, -0.15) is 0 Å². The molecule has 0 saturated carbocycles. The van der Waals surface area contributed by atoms with Gasteiger partial charge in [0, 0.05) is 10.6 Å². The van der Waals surface area contributed by atoms with Gasteiger partial charge < -0.3 is 4.90 Å². The van der Waals surface area contributed by atoms with E-state index in [4.69, 9.17) is 11.6 Å². The highest BCUT2D eigenvalue weighted by Crippen LogP contribution is 2.33. The maximum absolute atomic E-state index is 12.6. The fourth-order valence-electron chi connectivity index (χ4n) is 2.79. The number of hydrogen-bond donors (Lipinski definition) is 0. The average molecular weight is 389 g/mol. The summed E-state index contributed by atoms with van der Waals surface area (Å²) in [5.41, 5.74) is 3.33. The summed E-state index contributed by atoms with van der Waals surface area (Å²) in [6, 6.07) is 11.1. The molecule has 1 saturated heterocycles. The number of carbonyl (C=O) groups excluding carboxylic acids is 1. The third-order valence-electron chi connectivity index (χ3n) is 3.94. The lowest BCUT2D eigenvalue weighted by Crippen LogP contribution is -2.27. The number of aromatic nitrogens is 1. The average Bonchev–Trinajstić information content (AvgIpc) is 3.09. The molecule has 1 aromatic carbocycles. The first-order valence-electron chi connectivity index (χ1n) is 7.09. The van der Waals surface area contributed by atoms with Gasteiger partial charge in [-0.1, -0.05) is 23.7 Å². The molecule has 2 aromatic rings. The van der Waals surface area contributed by atoms with E-state index in [1.165, 1.54) is 0 Å². The Balaban J connectivity index is 1.61. The third-order valence-corrected chi connectivity index (χ3v) is 4.66. The van der Waals surface area contributed by atoms with Crippen molar-refractivity contribution in [3.05, 3.63) is 69.4 Å². The second-order valence-electron chi connectivity index (χ2n) is 5.40. The monoisotopic (exact) mass is 387 g/mol. The predicted molar refractivity (Wildman–Crippen MR) is 94.0 cm³/mol. The fourth-order valence-corrected chi connectivity index (χ4v) is 3.15. The summed E-state index contributed by atoms with van der Waals surface area (Å²) < 4.78 is 0.743. The number of rotatable bonds is 2. The SMILES string of the molecule is O=C1C2=NC(c3ccc(Cl)cc3)C=C2CN1c1ccc(Br)nc1. The number of carbonyl (C=O) groups is 1. The Bertz CT molecular complexity index is 843. The van der Waals surface area contributed by atoms with Crippen molar-refractivity contribution in [2.75, 3.05) is 11.4 Å². The summed E-state index contributed by atoms with van der Waals surface area (Å²) in [5.74, 6) is -0.0724. The number of halogens is 2. The minimum absolute atomic E-state index is 0.0724. The maximum atomic E-state index is 12.6. The van der Waals surface area contributed by atoms with Gasteiger partial charge in [-0.3, -0.25) is 9.79 Å². The van der Waals surface area contributed by atoms with Crippen LogP contribution in [-0.4, -0.2) is 23.1 Å². The van der Waals surface area contributed by atoms with Crippen LogP contribution < -0.4 is 4.90 Å². The third kappa shape index (κ3) is 2.60. The second kappa shape index (κ2) is 5.58. The van der Waals surface area contributed by atoms with Crippen molar-refractivity contribution in [1.82, 2.24) is 4.98 Å². The Morgan fingerprint density at radius 3 is 2.61 bits per heavy atom. The van der Waals surface area contributed by atoms with Crippen molar-refractivity contribution in [3.8, 4) is 0 Å². The first kappa shape index (κ1) is 14.6. The van der Waals surface area contributed by atoms with Crippen LogP contribution in [-0.2, 0) is 4.79 Å². The molecule has 1 unspecified atom stereocenters. The molecule has 2 aliphatic heterocycles. The smallest absolute Gasteiger partial charge is 0.277 e. The number of aliphatic imine (C=N–C) groups is 1. The van der Waals surface area contributed by atoms with Gasteiger partial charge in [0.2, 0.25) is 0 Å². The zero-order valence-electron chi connectivity index (χ0n) is 11.9. The Hall–Kier alpha value is -1.98. The molecule has 1 aromatic heterocycles. The second-order valence-corrected chi connectivity index (χ2v) is 6.65. The molecule has 0 bridgehead atoms. The van der Waals surface area contributed by atoms with E-state index in [0.717, 1.165) is 21.4 Å². The number of fused-ring (bicyclic) bond motifs is 1. The Morgan fingerprint density at radius 1 is 1.17 bits per heavy atom. The van der Waals surface area contributed by atoms with E-state index in [1.54, 1.807) is 11.1 Å². The topological polar surface area (TPSA) is 45.6 Å². The number of pyridine rings is 1. The van der Waals surface area contributed by atoms with Crippen LogP contribution in [0.3, 0.4) is 0 Å². The van der Waals surface area contributed by atoms with Crippen LogP contribution in [0.1, 0.15) is 11.6 Å². The molecule has 0 N–H and O–H groups in total. The van der Waals surface area contributed by atoms with Gasteiger partial charge in [-0.25, -0.2) is 4.98 Å². The zero-order chi connectivity index (χ0) is 16.0. The molecular weight excluding hydrogens is 378 g/mol. The van der Waals surface area contributed by atoms with Gasteiger partial charge in [-0.15, -0.1) is 0 Å². The molecule has 4 rings (SSSR count). The van der Waals surface area contributed by atoms with E-state index in [-0.39, 0.29) is 11.9 Å². The lowest BCUT2D eigenvalue weighted by molar-refractivity contribution is -0.111. The van der Waals surface area contributed by atoms with Gasteiger partial charge in [0.25, 0.3) is 5.91 Å². The predicted octanol–water partition coefficient (Wildman–Crippen LogP) is 3.97. The molecule has 4 nitrogen and oxygen atoms in total. The summed E-state index contributed by atoms with van der Waals surface area (Å²) in [6.07, 6.45) is 3.73. The van der Waals surface area contributed by atoms with Crippen molar-refractivity contribution in [1.29, 1.82) is 0 Å². The van der Waals surface area contributed by atoms with Crippen molar-refractivity contribution < 1.29 is 4.79 Å². The van der Waals surface area contributed by atoms with Crippen LogP contribution in [0.5, 0.6) is 0 Å². The van der Waals surface area contributed by atoms with E-state index < -0.39 is 0 Å². The molecule has 2 aliphatic rings. The summed E-state index contributed by atoms with van der Waals surface area (Å²) in [6.45, 7) is 0.533. The van der Waals surface area contributed by atoms with Gasteiger partial charge in [0.1, 0.15) is 10.3 Å². The minimum atomic E-state index is -0.105. The van der Waals surface area contributed by atoms with Crippen molar-refractivity contribution >= 4 is 44.8 Å². The Kier molecular flexibility index (Phi) is 3.54. The lowest BCUT2D eigenvalue weighted by atomic mass is 10.1. The van der Waals surface area contributed by atoms with Crippen LogP contribution in [0.15, 0.2) is 63.8 Å². The van der Waals surface area contributed by atoms with Crippen LogP contribution in [0.4, 0.5) is 5.69 Å². The molecule has 0 spiro atoms. The lowest BCUT2D eigenvalue weighted by Gasteiger charge is -2.15. The molecule has 1 amide bonds. The van der Waals surface area contributed by atoms with E-state index in [9.17, 15) is 4.79 Å². The summed E-state index contributed by atoms with van der Waals surface area (Å²) in [4.78, 5) is 23.1. The van der Waals surface area contributed by atoms with Crippen LogP contribution in [0.2, 0.25) is 5.02 Å². The number of hydrogen-bond acceptors (Lipinski definition) is 3. The van der Waals surface area contributed by atoms with Gasteiger partial charge >= 0.3 is 0 Å². The standard InChI is InChI=1S/C17H11BrClN3O/c18-15-6-5-13(8-20-15)22-9-11-7-14(21-16(11)17(22)23)10-1-3-12(19)4-2-10/h1-8,14H,9H2. The number of benzene rings is 1. The molecule has 6 heteroatoms. The minimum Gasteiger partial charge on any atom is -0.301 e. The van der Waals surface area contributed by atoms with Gasteiger partial charge in [0.15, 0.2) is 0 Å². The van der Waals surface area contributed by atoms with E-state index in [2.05, 4.69) is 25.9 Å². The van der Waals surface area contributed by atoms with Crippen LogP contribution in [0, 0.1) is 0 Å². The highest BCUT2D eigenvalue weighted by Gasteiger charge is 2.37. The highest BCUT2D eigenvalue weighted by molar-refractivity contribution is 9.10. The fraction of sp³-hybridized carbons (Fsp3) is 0.118. The van der Waals surface area contributed by atoms with Crippen LogP contribution >= 0.6 is 27.5 Å². The molecular formula is C17H11BrClN3O. The van der Waals surface area contributed by atoms with Crippen LogP contribution in [0.25, 0.3) is 0 Å². The Morgan fingerprint density at radius 2 is 1.96 bits per heavy atom. The largest absolute Gasteiger partial charge is 0.301 e. The number of anilines is 1. The zero-order valence-corrected chi connectivity index (χ0v) is 14.3. The first-order chi connectivity index (χ1) is 11.1. The first-order valence-corrected chi connectivity index (χ1v) is 8.27. The molecule has 1 fully saturated rings. The molecule has 3 heterocycles. The van der Waals surface area contributed by atoms with Crippen molar-refractivity contribution in [3.63, 3.8) is 0 Å². The number of amides is 1. The van der Waals surface area contributed by atoms with Crippen molar-refractivity contribution in [2.45, 2.75) is 6.04 Å². The molecule has 1 atom stereocenters. The van der Waals surface area contributed by atoms with E-state index in [0.29, 0.717) is 17.3 Å². The highest BCUT2D eigenvalue weighted by atomic mass is 79.9. The maximum Gasteiger partial charge on any atom is 0.277 e. The molecule has 0 radical (unpaired) electrons. The summed E-state index contributed by atoms with van der Waals surface area (Å²) >= 11 is 9.21. The summed E-state index contributed by atoms with van der Waals surface area (Å²) in [7, 11) is 0.